The number of amides is 2. The number of benzene rings is 1. The first-order chi connectivity index (χ1) is 11.0. The predicted octanol–water partition coefficient (Wildman–Crippen LogP) is 1.97. The van der Waals surface area contributed by atoms with Crippen molar-refractivity contribution in [1.82, 2.24) is 15.2 Å². The number of aromatic amines is 1. The molecule has 1 fully saturated rings. The van der Waals surface area contributed by atoms with Crippen molar-refractivity contribution in [3.63, 3.8) is 0 Å². The van der Waals surface area contributed by atoms with Gasteiger partial charge in [0.2, 0.25) is 0 Å². The number of likely N-dealkylation sites (tertiary alicyclic amines) is 1. The lowest BCUT2D eigenvalue weighted by atomic mass is 10.1. The van der Waals surface area contributed by atoms with Crippen LogP contribution >= 0.6 is 0 Å². The SMILES string of the molecule is O=C(O)C1CCN(C(=O)NCCc2c[nH]c3cc(F)ccc23)C1. The fraction of sp³-hybridized carbons (Fsp3) is 0.375. The van der Waals surface area contributed by atoms with E-state index in [-0.39, 0.29) is 18.4 Å². The predicted molar refractivity (Wildman–Crippen MR) is 82.7 cm³/mol. The fourth-order valence-electron chi connectivity index (χ4n) is 2.93. The summed E-state index contributed by atoms with van der Waals surface area (Å²) in [6.45, 7) is 1.17. The number of hydrogen-bond acceptors (Lipinski definition) is 2. The molecule has 1 saturated heterocycles. The normalized spacial score (nSPS) is 17.6. The largest absolute Gasteiger partial charge is 0.481 e. The van der Waals surface area contributed by atoms with Gasteiger partial charge in [-0.15, -0.1) is 0 Å². The average molecular weight is 319 g/mol. The lowest BCUT2D eigenvalue weighted by Crippen LogP contribution is -2.39. The van der Waals surface area contributed by atoms with Gasteiger partial charge in [-0.25, -0.2) is 9.18 Å². The first-order valence-electron chi connectivity index (χ1n) is 7.55. The number of rotatable bonds is 4. The van der Waals surface area contributed by atoms with Crippen molar-refractivity contribution in [3.05, 3.63) is 35.8 Å². The molecule has 1 aromatic heterocycles. The van der Waals surface area contributed by atoms with Crippen LogP contribution in [0.3, 0.4) is 0 Å². The van der Waals surface area contributed by atoms with Crippen molar-refractivity contribution >= 4 is 22.9 Å². The third-order valence-corrected chi connectivity index (χ3v) is 4.22. The summed E-state index contributed by atoms with van der Waals surface area (Å²) in [5.74, 6) is -1.61. The Morgan fingerprint density at radius 1 is 1.43 bits per heavy atom. The van der Waals surface area contributed by atoms with Gasteiger partial charge in [-0.1, -0.05) is 0 Å². The first-order valence-corrected chi connectivity index (χ1v) is 7.55. The highest BCUT2D eigenvalue weighted by atomic mass is 19.1. The summed E-state index contributed by atoms with van der Waals surface area (Å²) in [5.41, 5.74) is 1.74. The summed E-state index contributed by atoms with van der Waals surface area (Å²) in [4.78, 5) is 27.5. The van der Waals surface area contributed by atoms with E-state index in [9.17, 15) is 14.0 Å². The molecular weight excluding hydrogens is 301 g/mol. The zero-order valence-electron chi connectivity index (χ0n) is 12.5. The molecule has 6 nitrogen and oxygen atoms in total. The molecule has 0 spiro atoms. The number of H-pyrrole nitrogens is 1. The maximum atomic E-state index is 13.1. The van der Waals surface area contributed by atoms with Crippen LogP contribution in [0.5, 0.6) is 0 Å². The van der Waals surface area contributed by atoms with Crippen molar-refractivity contribution < 1.29 is 19.1 Å². The molecule has 0 bridgehead atoms. The van der Waals surface area contributed by atoms with Crippen molar-refractivity contribution in [2.24, 2.45) is 5.92 Å². The number of carbonyl (C=O) groups excluding carboxylic acids is 1. The summed E-state index contributed by atoms with van der Waals surface area (Å²) in [7, 11) is 0. The molecule has 0 radical (unpaired) electrons. The fourth-order valence-corrected chi connectivity index (χ4v) is 2.93. The Morgan fingerprint density at radius 3 is 3.00 bits per heavy atom. The van der Waals surface area contributed by atoms with Crippen LogP contribution in [0.2, 0.25) is 0 Å². The van der Waals surface area contributed by atoms with E-state index in [1.807, 2.05) is 6.20 Å². The van der Waals surface area contributed by atoms with Gasteiger partial charge in [0, 0.05) is 36.7 Å². The van der Waals surface area contributed by atoms with Crippen LogP contribution < -0.4 is 5.32 Å². The van der Waals surface area contributed by atoms with Crippen LogP contribution in [-0.2, 0) is 11.2 Å². The Balaban J connectivity index is 1.53. The Labute approximate surface area is 132 Å². The van der Waals surface area contributed by atoms with E-state index in [0.717, 1.165) is 16.5 Å². The Morgan fingerprint density at radius 2 is 2.26 bits per heavy atom. The second kappa shape index (κ2) is 6.28. The van der Waals surface area contributed by atoms with Gasteiger partial charge in [0.15, 0.2) is 0 Å². The number of fused-ring (bicyclic) bond motifs is 1. The number of urea groups is 1. The van der Waals surface area contributed by atoms with Crippen LogP contribution in [-0.4, -0.2) is 46.6 Å². The molecule has 2 heterocycles. The molecule has 3 rings (SSSR count). The van der Waals surface area contributed by atoms with Gasteiger partial charge < -0.3 is 20.3 Å². The van der Waals surface area contributed by atoms with Crippen molar-refractivity contribution in [2.45, 2.75) is 12.8 Å². The van der Waals surface area contributed by atoms with E-state index in [0.29, 0.717) is 25.9 Å². The van der Waals surface area contributed by atoms with Crippen LogP contribution in [0.4, 0.5) is 9.18 Å². The monoisotopic (exact) mass is 319 g/mol. The number of carboxylic acids is 1. The molecule has 0 saturated carbocycles. The highest BCUT2D eigenvalue weighted by Crippen LogP contribution is 2.19. The summed E-state index contributed by atoms with van der Waals surface area (Å²) in [5, 5.41) is 12.7. The minimum Gasteiger partial charge on any atom is -0.481 e. The summed E-state index contributed by atoms with van der Waals surface area (Å²) >= 11 is 0. The number of carboxylic acid groups (broad SMARTS) is 1. The number of hydrogen-bond donors (Lipinski definition) is 3. The second-order valence-corrected chi connectivity index (χ2v) is 5.76. The molecule has 122 valence electrons. The summed E-state index contributed by atoms with van der Waals surface area (Å²) in [6, 6.07) is 4.33. The zero-order chi connectivity index (χ0) is 16.4. The number of aliphatic carboxylic acids is 1. The minimum atomic E-state index is -0.855. The Bertz CT molecular complexity index is 743. The Hall–Kier alpha value is -2.57. The molecule has 7 heteroatoms. The third-order valence-electron chi connectivity index (χ3n) is 4.22. The molecule has 23 heavy (non-hydrogen) atoms. The van der Waals surface area contributed by atoms with E-state index in [1.54, 1.807) is 6.07 Å². The molecule has 1 aliphatic heterocycles. The molecule has 1 aliphatic rings. The quantitative estimate of drug-likeness (QED) is 0.805. The van der Waals surface area contributed by atoms with Gasteiger partial charge in [-0.2, -0.15) is 0 Å². The van der Waals surface area contributed by atoms with Gasteiger partial charge in [-0.05, 0) is 36.6 Å². The maximum absolute atomic E-state index is 13.1. The molecule has 0 aliphatic carbocycles. The van der Waals surface area contributed by atoms with Crippen molar-refractivity contribution in [3.8, 4) is 0 Å². The Kier molecular flexibility index (Phi) is 4.18. The molecule has 2 amide bonds. The van der Waals surface area contributed by atoms with Gasteiger partial charge in [0.05, 0.1) is 5.92 Å². The number of halogens is 1. The number of carbonyl (C=O) groups is 2. The second-order valence-electron chi connectivity index (χ2n) is 5.76. The van der Waals surface area contributed by atoms with Gasteiger partial charge >= 0.3 is 12.0 Å². The summed E-state index contributed by atoms with van der Waals surface area (Å²) in [6.07, 6.45) is 2.93. The first kappa shape index (κ1) is 15.3. The van der Waals surface area contributed by atoms with Gasteiger partial charge in [-0.3, -0.25) is 4.79 Å². The third kappa shape index (κ3) is 3.28. The van der Waals surface area contributed by atoms with Crippen LogP contribution in [0, 0.1) is 11.7 Å². The molecule has 1 unspecified atom stereocenters. The highest BCUT2D eigenvalue weighted by molar-refractivity contribution is 5.83. The minimum absolute atomic E-state index is 0.236. The van der Waals surface area contributed by atoms with Gasteiger partial charge in [0.1, 0.15) is 5.82 Å². The van der Waals surface area contributed by atoms with E-state index in [4.69, 9.17) is 5.11 Å². The lowest BCUT2D eigenvalue weighted by Gasteiger charge is -2.16. The average Bonchev–Trinajstić information content (AvgIpc) is 3.14. The van der Waals surface area contributed by atoms with E-state index in [1.165, 1.54) is 17.0 Å². The number of nitrogens with one attached hydrogen (secondary N) is 2. The molecule has 3 N–H and O–H groups in total. The van der Waals surface area contributed by atoms with Crippen LogP contribution in [0.15, 0.2) is 24.4 Å². The number of nitrogens with zero attached hydrogens (tertiary/aromatic N) is 1. The highest BCUT2D eigenvalue weighted by Gasteiger charge is 2.30. The molecule has 2 aromatic rings. The van der Waals surface area contributed by atoms with E-state index >= 15 is 0 Å². The molecule has 1 atom stereocenters. The van der Waals surface area contributed by atoms with Crippen molar-refractivity contribution in [1.29, 1.82) is 0 Å². The van der Waals surface area contributed by atoms with E-state index < -0.39 is 11.9 Å². The smallest absolute Gasteiger partial charge is 0.317 e. The lowest BCUT2D eigenvalue weighted by molar-refractivity contribution is -0.141. The molecule has 1 aromatic carbocycles. The van der Waals surface area contributed by atoms with Crippen LogP contribution in [0.25, 0.3) is 10.9 Å². The topological polar surface area (TPSA) is 85.4 Å². The zero-order valence-corrected chi connectivity index (χ0v) is 12.5. The summed E-state index contributed by atoms with van der Waals surface area (Å²) < 4.78 is 13.1. The van der Waals surface area contributed by atoms with Crippen molar-refractivity contribution in [2.75, 3.05) is 19.6 Å². The van der Waals surface area contributed by atoms with E-state index in [2.05, 4.69) is 10.3 Å². The van der Waals surface area contributed by atoms with Crippen LogP contribution in [0.1, 0.15) is 12.0 Å². The molecular formula is C16H18FN3O3. The number of aromatic nitrogens is 1. The maximum Gasteiger partial charge on any atom is 0.317 e. The van der Waals surface area contributed by atoms with Gasteiger partial charge in [0.25, 0.3) is 0 Å². The standard InChI is InChI=1S/C16H18FN3O3/c17-12-1-2-13-10(8-19-14(13)7-12)3-5-18-16(23)20-6-4-11(9-20)15(21)22/h1-2,7-8,11,19H,3-6,9H2,(H,18,23)(H,21,22).